The van der Waals surface area contributed by atoms with E-state index in [-0.39, 0.29) is 0 Å². The van der Waals surface area contributed by atoms with E-state index in [2.05, 4.69) is 15.4 Å². The molecular weight excluding hydrogens is 498 g/mol. The van der Waals surface area contributed by atoms with Crippen molar-refractivity contribution in [2.45, 2.75) is 0 Å². The molecule has 0 aliphatic rings. The summed E-state index contributed by atoms with van der Waals surface area (Å²) in [6.45, 7) is 0. The van der Waals surface area contributed by atoms with Gasteiger partial charge in [-0.05, 0) is 54.7 Å². The molecule has 3 aromatic carbocycles. The van der Waals surface area contributed by atoms with Crippen LogP contribution in [0.4, 0.5) is 28.9 Å². The van der Waals surface area contributed by atoms with Gasteiger partial charge in [-0.1, -0.05) is 17.7 Å². The van der Waals surface area contributed by atoms with Gasteiger partial charge in [-0.3, -0.25) is 14.9 Å². The summed E-state index contributed by atoms with van der Waals surface area (Å²) in [5.41, 5.74) is -0.388. The van der Waals surface area contributed by atoms with Crippen LogP contribution in [-0.2, 0) is 0 Å². The third-order valence-electron chi connectivity index (χ3n) is 4.37. The molecule has 0 heterocycles. The van der Waals surface area contributed by atoms with Crippen LogP contribution in [0.3, 0.4) is 0 Å². The van der Waals surface area contributed by atoms with Crippen LogP contribution >= 0.6 is 23.8 Å². The number of methoxy groups -OCH3 is 1. The zero-order valence-electron chi connectivity index (χ0n) is 17.1. The number of halogens is 5. The number of carbonyl (C=O) groups is 2. The fourth-order valence-corrected chi connectivity index (χ4v) is 3.19. The van der Waals surface area contributed by atoms with Crippen LogP contribution in [-0.4, -0.2) is 24.0 Å². The topological polar surface area (TPSA) is 79.5 Å². The van der Waals surface area contributed by atoms with E-state index in [1.165, 1.54) is 30.3 Å². The third kappa shape index (κ3) is 5.43. The minimum atomic E-state index is -1.93. The smallest absolute Gasteiger partial charge is 0.263 e. The second kappa shape index (κ2) is 10.5. The van der Waals surface area contributed by atoms with Crippen molar-refractivity contribution in [3.05, 3.63) is 87.9 Å². The van der Waals surface area contributed by atoms with Crippen LogP contribution in [0.5, 0.6) is 5.75 Å². The molecule has 0 unspecified atom stereocenters. The van der Waals surface area contributed by atoms with Gasteiger partial charge in [0.15, 0.2) is 22.5 Å². The molecule has 12 heteroatoms. The monoisotopic (exact) mass is 511 g/mol. The number of anilines is 2. The summed E-state index contributed by atoms with van der Waals surface area (Å²) in [6, 6.07) is 12.4. The van der Waals surface area contributed by atoms with Crippen LogP contribution in [0.2, 0.25) is 5.02 Å². The van der Waals surface area contributed by atoms with Gasteiger partial charge in [0.2, 0.25) is 11.6 Å². The second-order valence-corrected chi connectivity index (χ2v) is 7.46. The third-order valence-corrected chi connectivity index (χ3v) is 4.81. The molecule has 0 aromatic heterocycles. The van der Waals surface area contributed by atoms with Crippen LogP contribution in [0, 0.1) is 23.3 Å². The summed E-state index contributed by atoms with van der Waals surface area (Å²) >= 11 is 10.8. The van der Waals surface area contributed by atoms with Gasteiger partial charge in [0, 0.05) is 22.0 Å². The average molecular weight is 512 g/mol. The number of nitrogens with one attached hydrogen (secondary N) is 3. The lowest BCUT2D eigenvalue weighted by molar-refractivity contribution is 0.0965. The molecule has 0 aliphatic carbocycles. The first-order valence-electron chi connectivity index (χ1n) is 9.31. The van der Waals surface area contributed by atoms with Gasteiger partial charge in [0.1, 0.15) is 5.56 Å². The molecule has 0 saturated carbocycles. The summed E-state index contributed by atoms with van der Waals surface area (Å²) in [6.07, 6.45) is 0. The minimum absolute atomic E-state index is 0.332. The lowest BCUT2D eigenvalue weighted by Gasteiger charge is -2.13. The Morgan fingerprint density at radius 2 is 1.41 bits per heavy atom. The lowest BCUT2D eigenvalue weighted by Crippen LogP contribution is -2.35. The standard InChI is InChI=1S/C22H14ClF4N3O3S/c1-33-19-17(26)15(24)14(16(25)18(19)27)21(32)30-22(34)29-13-7-5-12(6-8-13)28-20(31)10-3-2-4-11(23)9-10/h2-9H,1H3,(H,28,31)(H2,29,30,32,34). The fourth-order valence-electron chi connectivity index (χ4n) is 2.79. The van der Waals surface area contributed by atoms with E-state index >= 15 is 0 Å². The summed E-state index contributed by atoms with van der Waals surface area (Å²) in [7, 11) is 0.813. The first-order valence-corrected chi connectivity index (χ1v) is 10.1. The lowest BCUT2D eigenvalue weighted by atomic mass is 10.1. The highest BCUT2D eigenvalue weighted by molar-refractivity contribution is 7.80. The molecule has 2 amide bonds. The van der Waals surface area contributed by atoms with E-state index in [9.17, 15) is 27.2 Å². The Balaban J connectivity index is 1.65. The van der Waals surface area contributed by atoms with Gasteiger partial charge in [-0.2, -0.15) is 8.78 Å². The maximum absolute atomic E-state index is 14.1. The van der Waals surface area contributed by atoms with Crippen molar-refractivity contribution in [1.29, 1.82) is 0 Å². The van der Waals surface area contributed by atoms with E-state index in [4.69, 9.17) is 23.8 Å². The van der Waals surface area contributed by atoms with Crippen molar-refractivity contribution in [2.75, 3.05) is 17.7 Å². The SMILES string of the molecule is COc1c(F)c(F)c(C(=O)NC(=S)Nc2ccc(NC(=O)c3cccc(Cl)c3)cc2)c(F)c1F. The van der Waals surface area contributed by atoms with Gasteiger partial charge in [-0.15, -0.1) is 0 Å². The maximum atomic E-state index is 14.1. The van der Waals surface area contributed by atoms with Gasteiger partial charge in [-0.25, -0.2) is 8.78 Å². The minimum Gasteiger partial charge on any atom is -0.491 e. The Morgan fingerprint density at radius 3 is 1.94 bits per heavy atom. The first kappa shape index (κ1) is 24.9. The summed E-state index contributed by atoms with van der Waals surface area (Å²) in [5.74, 6) is -10.8. The fraction of sp³-hybridized carbons (Fsp3) is 0.0455. The highest BCUT2D eigenvalue weighted by Gasteiger charge is 2.30. The maximum Gasteiger partial charge on any atom is 0.263 e. The molecule has 0 saturated heterocycles. The molecule has 0 radical (unpaired) electrons. The Labute approximate surface area is 200 Å². The van der Waals surface area contributed by atoms with Crippen molar-refractivity contribution in [3.63, 3.8) is 0 Å². The Hall–Kier alpha value is -3.70. The summed E-state index contributed by atoms with van der Waals surface area (Å²) in [5, 5.41) is 7.16. The van der Waals surface area contributed by atoms with Crippen LogP contribution < -0.4 is 20.7 Å². The number of hydrogen-bond donors (Lipinski definition) is 3. The van der Waals surface area contributed by atoms with Crippen molar-refractivity contribution >= 4 is 52.1 Å². The number of rotatable bonds is 5. The molecule has 0 bridgehead atoms. The molecule has 0 spiro atoms. The van der Waals surface area contributed by atoms with E-state index in [1.807, 2.05) is 5.32 Å². The molecule has 34 heavy (non-hydrogen) atoms. The molecule has 3 N–H and O–H groups in total. The highest BCUT2D eigenvalue weighted by atomic mass is 35.5. The van der Waals surface area contributed by atoms with Gasteiger partial charge in [0.05, 0.1) is 7.11 Å². The Morgan fingerprint density at radius 1 is 0.853 bits per heavy atom. The molecule has 0 fully saturated rings. The van der Waals surface area contributed by atoms with Crippen LogP contribution in [0.25, 0.3) is 0 Å². The molecule has 0 atom stereocenters. The van der Waals surface area contributed by atoms with Gasteiger partial charge in [0.25, 0.3) is 11.8 Å². The quantitative estimate of drug-likeness (QED) is 0.247. The molecule has 0 aliphatic heterocycles. The molecule has 6 nitrogen and oxygen atoms in total. The van der Waals surface area contributed by atoms with Crippen molar-refractivity contribution < 1.29 is 31.9 Å². The number of amides is 2. The summed E-state index contributed by atoms with van der Waals surface area (Å²) < 4.78 is 60.1. The van der Waals surface area contributed by atoms with Crippen molar-refractivity contribution in [3.8, 4) is 5.75 Å². The second-order valence-electron chi connectivity index (χ2n) is 6.61. The molecule has 176 valence electrons. The molecule has 3 aromatic rings. The zero-order chi connectivity index (χ0) is 25.0. The van der Waals surface area contributed by atoms with E-state index in [1.54, 1.807) is 18.2 Å². The molecule has 3 rings (SSSR count). The van der Waals surface area contributed by atoms with Crippen LogP contribution in [0.15, 0.2) is 48.5 Å². The number of carbonyl (C=O) groups excluding carboxylic acids is 2. The number of ether oxygens (including phenoxy) is 1. The van der Waals surface area contributed by atoms with Gasteiger partial charge < -0.3 is 15.4 Å². The van der Waals surface area contributed by atoms with E-state index < -0.39 is 51.5 Å². The van der Waals surface area contributed by atoms with E-state index in [0.717, 1.165) is 7.11 Å². The number of thiocarbonyl (C=S) groups is 1. The molecular formula is C22H14ClF4N3O3S. The zero-order valence-corrected chi connectivity index (χ0v) is 18.7. The number of hydrogen-bond acceptors (Lipinski definition) is 4. The first-order chi connectivity index (χ1) is 16.1. The average Bonchev–Trinajstić information content (AvgIpc) is 2.79. The van der Waals surface area contributed by atoms with Gasteiger partial charge >= 0.3 is 0 Å². The highest BCUT2D eigenvalue weighted by Crippen LogP contribution is 2.29. The Kier molecular flexibility index (Phi) is 7.69. The predicted molar refractivity (Wildman–Crippen MR) is 122 cm³/mol. The summed E-state index contributed by atoms with van der Waals surface area (Å²) in [4.78, 5) is 24.4. The predicted octanol–water partition coefficient (Wildman–Crippen LogP) is 5.28. The van der Waals surface area contributed by atoms with Crippen molar-refractivity contribution in [2.24, 2.45) is 0 Å². The normalized spacial score (nSPS) is 10.4. The van der Waals surface area contributed by atoms with Crippen molar-refractivity contribution in [1.82, 2.24) is 5.32 Å². The van der Waals surface area contributed by atoms with Crippen LogP contribution in [0.1, 0.15) is 20.7 Å². The van der Waals surface area contributed by atoms with E-state index in [0.29, 0.717) is 22.0 Å². The number of benzene rings is 3. The largest absolute Gasteiger partial charge is 0.491 e. The Bertz CT molecular complexity index is 1260.